The molecule has 0 saturated carbocycles. The maximum Gasteiger partial charge on any atom is 0.159 e. The van der Waals surface area contributed by atoms with Crippen LogP contribution in [0.25, 0.3) is 0 Å². The quantitative estimate of drug-likeness (QED) is 0.647. The van der Waals surface area contributed by atoms with Crippen LogP contribution < -0.4 is 0 Å². The lowest BCUT2D eigenvalue weighted by Gasteiger charge is -2.21. The molecular formula is C8H16O2S. The van der Waals surface area contributed by atoms with Gasteiger partial charge in [-0.05, 0) is 24.1 Å². The zero-order valence-corrected chi connectivity index (χ0v) is 8.11. The minimum Gasteiger partial charge on any atom is -0.502 e. The van der Waals surface area contributed by atoms with E-state index in [4.69, 9.17) is 5.11 Å². The predicted octanol–water partition coefficient (Wildman–Crippen LogP) is 2.06. The summed E-state index contributed by atoms with van der Waals surface area (Å²) in [5.74, 6) is 0. The summed E-state index contributed by atoms with van der Waals surface area (Å²) in [6, 6.07) is 0. The number of hydrogen-bond acceptors (Lipinski definition) is 2. The molecule has 0 spiro atoms. The van der Waals surface area contributed by atoms with Crippen LogP contribution in [-0.4, -0.2) is 21.4 Å². The topological polar surface area (TPSA) is 40.5 Å². The number of rotatable bonds is 3. The van der Waals surface area contributed by atoms with Crippen molar-refractivity contribution in [2.24, 2.45) is 5.41 Å². The van der Waals surface area contributed by atoms with Crippen LogP contribution in [-0.2, 0) is 0 Å². The van der Waals surface area contributed by atoms with Gasteiger partial charge in [-0.3, -0.25) is 0 Å². The fourth-order valence-corrected chi connectivity index (χ4v) is 1.17. The monoisotopic (exact) mass is 176 g/mol. The Balaban J connectivity index is 3.69. The van der Waals surface area contributed by atoms with Gasteiger partial charge in [0.25, 0.3) is 0 Å². The van der Waals surface area contributed by atoms with Gasteiger partial charge in [-0.1, -0.05) is 20.8 Å². The molecule has 0 fully saturated rings. The van der Waals surface area contributed by atoms with Gasteiger partial charge in [0.05, 0.1) is 6.10 Å². The first-order chi connectivity index (χ1) is 4.81. The van der Waals surface area contributed by atoms with Crippen LogP contribution in [0.5, 0.6) is 0 Å². The Morgan fingerprint density at radius 3 is 2.18 bits per heavy atom. The van der Waals surface area contributed by atoms with Crippen molar-refractivity contribution in [3.63, 3.8) is 0 Å². The average Bonchev–Trinajstić information content (AvgIpc) is 1.53. The van der Waals surface area contributed by atoms with Crippen molar-refractivity contribution in [3.8, 4) is 0 Å². The Morgan fingerprint density at radius 1 is 1.45 bits per heavy atom. The molecule has 0 heterocycles. The Kier molecular flexibility index (Phi) is 3.97. The first-order valence-corrected chi connectivity index (χ1v) is 4.12. The summed E-state index contributed by atoms with van der Waals surface area (Å²) < 4.78 is 0. The smallest absolute Gasteiger partial charge is 0.159 e. The van der Waals surface area contributed by atoms with Crippen molar-refractivity contribution >= 4 is 17.3 Å². The van der Waals surface area contributed by atoms with Crippen molar-refractivity contribution in [1.29, 1.82) is 0 Å². The molecule has 0 aromatic heterocycles. The van der Waals surface area contributed by atoms with Crippen LogP contribution in [0.3, 0.4) is 0 Å². The van der Waals surface area contributed by atoms with E-state index in [2.05, 4.69) is 12.2 Å². The van der Waals surface area contributed by atoms with E-state index < -0.39 is 6.10 Å². The zero-order valence-electron chi connectivity index (χ0n) is 7.29. The molecule has 2 nitrogen and oxygen atoms in total. The molecule has 0 bridgehead atoms. The minimum absolute atomic E-state index is 0.0875. The standard InChI is InChI=1S/C8H16O2S/c1-8(2,3)5-6(9)4-7(10)11/h6,9H,4-5H2,1-3H3,(H,10,11). The second-order valence-electron chi connectivity index (χ2n) is 4.02. The lowest BCUT2D eigenvalue weighted by Crippen LogP contribution is -2.19. The maximum atomic E-state index is 9.31. The predicted molar refractivity (Wildman–Crippen MR) is 49.9 cm³/mol. The van der Waals surface area contributed by atoms with Gasteiger partial charge in [0.15, 0.2) is 5.05 Å². The SMILES string of the molecule is CC(C)(C)CC(O)CC(O)=S. The number of aliphatic hydroxyl groups is 2. The highest BCUT2D eigenvalue weighted by molar-refractivity contribution is 7.80. The lowest BCUT2D eigenvalue weighted by molar-refractivity contribution is 0.125. The largest absolute Gasteiger partial charge is 0.502 e. The van der Waals surface area contributed by atoms with E-state index in [1.165, 1.54) is 0 Å². The van der Waals surface area contributed by atoms with Crippen LogP contribution in [0.1, 0.15) is 33.6 Å². The van der Waals surface area contributed by atoms with E-state index in [9.17, 15) is 5.11 Å². The van der Waals surface area contributed by atoms with E-state index in [1.54, 1.807) is 0 Å². The van der Waals surface area contributed by atoms with E-state index in [-0.39, 0.29) is 16.9 Å². The van der Waals surface area contributed by atoms with Crippen LogP contribution >= 0.6 is 12.2 Å². The molecule has 0 aromatic rings. The van der Waals surface area contributed by atoms with Crippen molar-refractivity contribution < 1.29 is 10.2 Å². The molecule has 0 amide bonds. The molecule has 0 aromatic carbocycles. The summed E-state index contributed by atoms with van der Waals surface area (Å²) in [4.78, 5) is 0. The van der Waals surface area contributed by atoms with Gasteiger partial charge < -0.3 is 10.2 Å². The fraction of sp³-hybridized carbons (Fsp3) is 0.875. The third kappa shape index (κ3) is 7.75. The molecule has 0 radical (unpaired) electrons. The molecule has 3 heteroatoms. The Hall–Kier alpha value is -0.150. The van der Waals surface area contributed by atoms with Crippen molar-refractivity contribution in [2.75, 3.05) is 0 Å². The molecule has 11 heavy (non-hydrogen) atoms. The van der Waals surface area contributed by atoms with Crippen molar-refractivity contribution in [2.45, 2.75) is 39.7 Å². The second kappa shape index (κ2) is 4.02. The first kappa shape index (κ1) is 10.8. The Labute approximate surface area is 73.2 Å². The molecule has 0 aliphatic heterocycles. The van der Waals surface area contributed by atoms with E-state index >= 15 is 0 Å². The molecule has 0 rings (SSSR count). The molecule has 1 unspecified atom stereocenters. The van der Waals surface area contributed by atoms with Gasteiger partial charge in [-0.2, -0.15) is 0 Å². The minimum atomic E-state index is -0.507. The molecule has 0 saturated heterocycles. The van der Waals surface area contributed by atoms with Gasteiger partial charge in [-0.25, -0.2) is 0 Å². The molecule has 66 valence electrons. The highest BCUT2D eigenvalue weighted by atomic mass is 32.1. The molecule has 1 atom stereocenters. The third-order valence-electron chi connectivity index (χ3n) is 1.26. The third-order valence-corrected chi connectivity index (χ3v) is 1.42. The average molecular weight is 176 g/mol. The van der Waals surface area contributed by atoms with Gasteiger partial charge in [0, 0.05) is 6.42 Å². The summed E-state index contributed by atoms with van der Waals surface area (Å²) in [7, 11) is 0. The van der Waals surface area contributed by atoms with E-state index in [0.29, 0.717) is 6.42 Å². The fourth-order valence-electron chi connectivity index (χ4n) is 0.981. The highest BCUT2D eigenvalue weighted by Gasteiger charge is 2.17. The van der Waals surface area contributed by atoms with Gasteiger partial charge >= 0.3 is 0 Å². The number of hydrogen-bond donors (Lipinski definition) is 2. The van der Waals surface area contributed by atoms with Gasteiger partial charge in [-0.15, -0.1) is 0 Å². The molecule has 0 aliphatic rings. The van der Waals surface area contributed by atoms with Crippen LogP contribution in [0, 0.1) is 5.41 Å². The zero-order chi connectivity index (χ0) is 9.07. The summed E-state index contributed by atoms with van der Waals surface area (Å²) in [5, 5.41) is 17.9. The molecular weight excluding hydrogens is 160 g/mol. The summed E-state index contributed by atoms with van der Waals surface area (Å²) in [6.07, 6.45) is 0.368. The van der Waals surface area contributed by atoms with E-state index in [0.717, 1.165) is 0 Å². The molecule has 0 aliphatic carbocycles. The Morgan fingerprint density at radius 2 is 1.91 bits per heavy atom. The normalized spacial score (nSPS) is 14.5. The van der Waals surface area contributed by atoms with Crippen LogP contribution in [0.2, 0.25) is 0 Å². The summed E-state index contributed by atoms with van der Waals surface area (Å²) in [5.41, 5.74) is 0.0875. The maximum absolute atomic E-state index is 9.31. The first-order valence-electron chi connectivity index (χ1n) is 3.71. The number of aliphatic hydroxyl groups excluding tert-OH is 2. The second-order valence-corrected chi connectivity index (χ2v) is 4.49. The van der Waals surface area contributed by atoms with Crippen molar-refractivity contribution in [1.82, 2.24) is 0 Å². The van der Waals surface area contributed by atoms with Gasteiger partial charge in [0.1, 0.15) is 0 Å². The van der Waals surface area contributed by atoms with Gasteiger partial charge in [0.2, 0.25) is 0 Å². The lowest BCUT2D eigenvalue weighted by atomic mass is 9.88. The van der Waals surface area contributed by atoms with Crippen LogP contribution in [0.15, 0.2) is 0 Å². The number of thiocarbonyl (C=S) groups is 1. The van der Waals surface area contributed by atoms with Crippen LogP contribution in [0.4, 0.5) is 0 Å². The highest BCUT2D eigenvalue weighted by Crippen LogP contribution is 2.21. The Bertz CT molecular complexity index is 138. The summed E-state index contributed by atoms with van der Waals surface area (Å²) >= 11 is 4.46. The molecule has 2 N–H and O–H groups in total. The van der Waals surface area contributed by atoms with Crippen molar-refractivity contribution in [3.05, 3.63) is 0 Å². The van der Waals surface area contributed by atoms with E-state index in [1.807, 2.05) is 20.8 Å². The summed E-state index contributed by atoms with van der Waals surface area (Å²) in [6.45, 7) is 6.12.